The van der Waals surface area contributed by atoms with Gasteiger partial charge in [0.15, 0.2) is 5.65 Å². The molecule has 0 aliphatic rings. The van der Waals surface area contributed by atoms with Crippen LogP contribution in [-0.2, 0) is 6.54 Å². The van der Waals surface area contributed by atoms with Gasteiger partial charge in [-0.1, -0.05) is 30.3 Å². The third-order valence-electron chi connectivity index (χ3n) is 4.13. The first kappa shape index (κ1) is 13.8. The van der Waals surface area contributed by atoms with Crippen LogP contribution < -0.4 is 0 Å². The van der Waals surface area contributed by atoms with Gasteiger partial charge in [-0.2, -0.15) is 10.2 Å². The first-order valence-corrected chi connectivity index (χ1v) is 7.91. The number of furan rings is 1. The van der Waals surface area contributed by atoms with Crippen LogP contribution in [0.1, 0.15) is 5.76 Å². The Morgan fingerprint density at radius 1 is 1.04 bits per heavy atom. The van der Waals surface area contributed by atoms with E-state index in [0.29, 0.717) is 6.54 Å². The van der Waals surface area contributed by atoms with E-state index in [9.17, 15) is 0 Å². The van der Waals surface area contributed by atoms with E-state index >= 15 is 0 Å². The van der Waals surface area contributed by atoms with Crippen molar-refractivity contribution in [3.05, 3.63) is 66.9 Å². The third-order valence-corrected chi connectivity index (χ3v) is 4.13. The van der Waals surface area contributed by atoms with Crippen LogP contribution in [-0.4, -0.2) is 29.9 Å². The topological polar surface area (TPSA) is 88.3 Å². The van der Waals surface area contributed by atoms with Gasteiger partial charge in [0.05, 0.1) is 29.9 Å². The fourth-order valence-electron chi connectivity index (χ4n) is 2.93. The van der Waals surface area contributed by atoms with Crippen molar-refractivity contribution in [3.63, 3.8) is 0 Å². The number of hydrogen-bond donors (Lipinski definition) is 2. The summed E-state index contributed by atoms with van der Waals surface area (Å²) in [6, 6.07) is 13.9. The lowest BCUT2D eigenvalue weighted by molar-refractivity contribution is 0.483. The van der Waals surface area contributed by atoms with Crippen LogP contribution in [0.3, 0.4) is 0 Å². The summed E-state index contributed by atoms with van der Waals surface area (Å²) in [5.41, 5.74) is 4.58. The second-order valence-corrected chi connectivity index (χ2v) is 5.73. The molecule has 5 rings (SSSR count). The summed E-state index contributed by atoms with van der Waals surface area (Å²) in [5, 5.41) is 11.6. The Morgan fingerprint density at radius 3 is 2.80 bits per heavy atom. The Morgan fingerprint density at radius 2 is 1.96 bits per heavy atom. The number of H-pyrrole nitrogens is 2. The highest BCUT2D eigenvalue weighted by molar-refractivity contribution is 5.82. The van der Waals surface area contributed by atoms with Gasteiger partial charge in [-0.3, -0.25) is 5.10 Å². The van der Waals surface area contributed by atoms with Gasteiger partial charge in [0, 0.05) is 5.56 Å². The maximum absolute atomic E-state index is 5.40. The number of nitrogens with one attached hydrogen (secondary N) is 2. The number of aromatic amines is 2. The first-order chi connectivity index (χ1) is 12.4. The van der Waals surface area contributed by atoms with E-state index in [4.69, 9.17) is 9.40 Å². The minimum absolute atomic E-state index is 0.539. The van der Waals surface area contributed by atoms with Crippen LogP contribution in [0.15, 0.2) is 65.5 Å². The number of fused-ring (bicyclic) bond motifs is 1. The molecule has 0 spiro atoms. The standard InChI is InChI=1S/C18H14N6O/c1-2-5-12(6-3-1)16-14(9-19-23-16)17-21-15-10-20-24(18(15)22-17)11-13-7-4-8-25-13/h1-10H,11H2,(H,19,23)(H,21,22). The van der Waals surface area contributed by atoms with Crippen LogP contribution in [0.2, 0.25) is 0 Å². The van der Waals surface area contributed by atoms with Crippen LogP contribution in [0, 0.1) is 0 Å². The molecule has 122 valence electrons. The number of benzene rings is 1. The second-order valence-electron chi connectivity index (χ2n) is 5.73. The highest BCUT2D eigenvalue weighted by Gasteiger charge is 2.16. The smallest absolute Gasteiger partial charge is 0.177 e. The summed E-state index contributed by atoms with van der Waals surface area (Å²) in [4.78, 5) is 8.05. The summed E-state index contributed by atoms with van der Waals surface area (Å²) >= 11 is 0. The minimum atomic E-state index is 0.539. The van der Waals surface area contributed by atoms with E-state index in [1.807, 2.05) is 47.1 Å². The van der Waals surface area contributed by atoms with Gasteiger partial charge in [-0.05, 0) is 12.1 Å². The van der Waals surface area contributed by atoms with E-state index in [2.05, 4.69) is 20.3 Å². The van der Waals surface area contributed by atoms with Gasteiger partial charge in [-0.15, -0.1) is 0 Å². The number of hydrogen-bond acceptors (Lipinski definition) is 4. The molecule has 0 amide bonds. The monoisotopic (exact) mass is 330 g/mol. The zero-order valence-electron chi connectivity index (χ0n) is 13.2. The predicted octanol–water partition coefficient (Wildman–Crippen LogP) is 3.46. The average Bonchev–Trinajstić information content (AvgIpc) is 3.42. The van der Waals surface area contributed by atoms with Crippen molar-refractivity contribution in [2.75, 3.05) is 0 Å². The molecule has 0 aliphatic carbocycles. The lowest BCUT2D eigenvalue weighted by Crippen LogP contribution is -2.00. The molecule has 7 heteroatoms. The zero-order valence-corrected chi connectivity index (χ0v) is 13.2. The van der Waals surface area contributed by atoms with E-state index in [0.717, 1.165) is 39.6 Å². The van der Waals surface area contributed by atoms with Crippen molar-refractivity contribution in [3.8, 4) is 22.6 Å². The fraction of sp³-hybridized carbons (Fsp3) is 0.0556. The van der Waals surface area contributed by atoms with Gasteiger partial charge in [0.2, 0.25) is 0 Å². The average molecular weight is 330 g/mol. The molecule has 0 atom stereocenters. The van der Waals surface area contributed by atoms with Gasteiger partial charge >= 0.3 is 0 Å². The van der Waals surface area contributed by atoms with Gasteiger partial charge in [0.25, 0.3) is 0 Å². The molecule has 0 radical (unpaired) electrons. The number of imidazole rings is 1. The molecule has 5 aromatic rings. The molecule has 4 aromatic heterocycles. The second kappa shape index (κ2) is 5.48. The van der Waals surface area contributed by atoms with Crippen molar-refractivity contribution < 1.29 is 4.42 Å². The molecule has 0 saturated carbocycles. The van der Waals surface area contributed by atoms with E-state index < -0.39 is 0 Å². The lowest BCUT2D eigenvalue weighted by Gasteiger charge is -2.01. The Bertz CT molecular complexity index is 1120. The number of nitrogens with zero attached hydrogens (tertiary/aromatic N) is 4. The highest BCUT2D eigenvalue weighted by atomic mass is 16.3. The number of rotatable bonds is 4. The van der Waals surface area contributed by atoms with Crippen molar-refractivity contribution in [2.45, 2.75) is 6.54 Å². The molecule has 0 saturated heterocycles. The molecule has 0 bridgehead atoms. The van der Waals surface area contributed by atoms with E-state index in [-0.39, 0.29) is 0 Å². The van der Waals surface area contributed by atoms with Gasteiger partial charge < -0.3 is 9.40 Å². The third kappa shape index (κ3) is 2.33. The van der Waals surface area contributed by atoms with Crippen LogP contribution in [0.4, 0.5) is 0 Å². The summed E-state index contributed by atoms with van der Waals surface area (Å²) in [7, 11) is 0. The summed E-state index contributed by atoms with van der Waals surface area (Å²) in [5.74, 6) is 1.59. The van der Waals surface area contributed by atoms with E-state index in [1.54, 1.807) is 18.7 Å². The Labute approximate surface area is 142 Å². The van der Waals surface area contributed by atoms with Crippen LogP contribution in [0.25, 0.3) is 33.8 Å². The maximum Gasteiger partial charge on any atom is 0.177 e. The predicted molar refractivity (Wildman–Crippen MR) is 92.7 cm³/mol. The molecule has 25 heavy (non-hydrogen) atoms. The molecule has 2 N–H and O–H groups in total. The van der Waals surface area contributed by atoms with E-state index in [1.165, 1.54) is 0 Å². The SMILES string of the molecule is c1ccc(-c2[nH]ncc2-c2nc3c(cnn3Cc3ccco3)[nH]2)cc1. The Hall–Kier alpha value is -3.61. The largest absolute Gasteiger partial charge is 0.467 e. The van der Waals surface area contributed by atoms with Crippen molar-refractivity contribution >= 4 is 11.2 Å². The molecule has 0 aliphatic heterocycles. The maximum atomic E-state index is 5.40. The quantitative estimate of drug-likeness (QED) is 0.528. The molecule has 1 aromatic carbocycles. The fourth-order valence-corrected chi connectivity index (χ4v) is 2.93. The first-order valence-electron chi connectivity index (χ1n) is 7.91. The van der Waals surface area contributed by atoms with Gasteiger partial charge in [-0.25, -0.2) is 9.67 Å². The molecule has 0 fully saturated rings. The summed E-state index contributed by atoms with van der Waals surface area (Å²) < 4.78 is 7.21. The lowest BCUT2D eigenvalue weighted by atomic mass is 10.1. The minimum Gasteiger partial charge on any atom is -0.467 e. The van der Waals surface area contributed by atoms with Gasteiger partial charge in [0.1, 0.15) is 23.6 Å². The Kier molecular flexibility index (Phi) is 3.03. The molecule has 0 unspecified atom stereocenters. The molecular formula is C18H14N6O. The molecule has 4 heterocycles. The Balaban J connectivity index is 1.57. The normalized spacial score (nSPS) is 11.4. The van der Waals surface area contributed by atoms with Crippen molar-refractivity contribution in [1.82, 2.24) is 29.9 Å². The van der Waals surface area contributed by atoms with Crippen molar-refractivity contribution in [2.24, 2.45) is 0 Å². The van der Waals surface area contributed by atoms with Crippen LogP contribution in [0.5, 0.6) is 0 Å². The highest BCUT2D eigenvalue weighted by Crippen LogP contribution is 2.29. The summed E-state index contributed by atoms with van der Waals surface area (Å²) in [6.45, 7) is 0.539. The zero-order chi connectivity index (χ0) is 16.6. The van der Waals surface area contributed by atoms with Crippen molar-refractivity contribution in [1.29, 1.82) is 0 Å². The number of aromatic nitrogens is 6. The summed E-state index contributed by atoms with van der Waals surface area (Å²) in [6.07, 6.45) is 5.21. The van der Waals surface area contributed by atoms with Crippen LogP contribution >= 0.6 is 0 Å². The molecule has 7 nitrogen and oxygen atoms in total. The molecular weight excluding hydrogens is 316 g/mol.